The van der Waals surface area contributed by atoms with E-state index in [4.69, 9.17) is 18.9 Å². The number of hydrogen-bond acceptors (Lipinski definition) is 8. The molecule has 0 aliphatic carbocycles. The molecule has 8 nitrogen and oxygen atoms in total. The van der Waals surface area contributed by atoms with Gasteiger partial charge in [0.05, 0.1) is 25.0 Å². The number of hydrogen-bond donors (Lipinski definition) is 0. The number of ether oxygens (including phenoxy) is 5. The van der Waals surface area contributed by atoms with E-state index in [1.807, 2.05) is 0 Å². The maximum absolute atomic E-state index is 11.1. The van der Waals surface area contributed by atoms with Gasteiger partial charge in [-0.1, -0.05) is 41.0 Å². The third-order valence-corrected chi connectivity index (χ3v) is 3.24. The van der Waals surface area contributed by atoms with Crippen LogP contribution in [0.5, 0.6) is 0 Å². The van der Waals surface area contributed by atoms with Crippen LogP contribution in [0.3, 0.4) is 0 Å². The number of unbranched alkanes of at least 4 members (excludes halogenated alkanes) is 1. The maximum Gasteiger partial charge on any atom is 0.344 e. The molecule has 1 saturated heterocycles. The van der Waals surface area contributed by atoms with Crippen molar-refractivity contribution in [1.82, 2.24) is 0 Å². The first-order valence-corrected chi connectivity index (χ1v) is 9.43. The summed E-state index contributed by atoms with van der Waals surface area (Å²) in [5.74, 6) is -1.45. The second-order valence-corrected chi connectivity index (χ2v) is 6.78. The molecular formula is C19H34O8. The predicted molar refractivity (Wildman–Crippen MR) is 97.7 cm³/mol. The quantitative estimate of drug-likeness (QED) is 0.174. The average molecular weight is 390 g/mol. The molecular weight excluding hydrogens is 356 g/mol. The van der Waals surface area contributed by atoms with Crippen LogP contribution in [0.2, 0.25) is 0 Å². The van der Waals surface area contributed by atoms with E-state index in [1.54, 1.807) is 34.6 Å². The van der Waals surface area contributed by atoms with Gasteiger partial charge in [0.15, 0.2) is 12.9 Å². The number of esters is 3. The van der Waals surface area contributed by atoms with Crippen LogP contribution in [0.15, 0.2) is 0 Å². The highest BCUT2D eigenvalue weighted by Crippen LogP contribution is 2.08. The molecule has 0 N–H and O–H groups in total. The number of carbonyl (C=O) groups excluding carboxylic acids is 3. The Morgan fingerprint density at radius 2 is 1.59 bits per heavy atom. The van der Waals surface area contributed by atoms with Crippen molar-refractivity contribution >= 4 is 17.9 Å². The van der Waals surface area contributed by atoms with Gasteiger partial charge in [0, 0.05) is 0 Å². The van der Waals surface area contributed by atoms with Crippen molar-refractivity contribution in [1.29, 1.82) is 0 Å². The molecule has 0 bridgehead atoms. The maximum atomic E-state index is 11.1. The Labute approximate surface area is 161 Å². The van der Waals surface area contributed by atoms with E-state index in [0.29, 0.717) is 13.2 Å². The fourth-order valence-corrected chi connectivity index (χ4v) is 1.42. The number of carbonyl (C=O) groups is 3. The Morgan fingerprint density at radius 3 is 2.07 bits per heavy atom. The van der Waals surface area contributed by atoms with E-state index < -0.39 is 18.2 Å². The highest BCUT2D eigenvalue weighted by atomic mass is 16.7. The molecule has 8 heteroatoms. The molecule has 0 aromatic rings. The SMILES string of the molecule is CC(C)C(=O)OCC(=O)OCC1CO1.CCCCOC(C)OC(=O)C(C)C. The Morgan fingerprint density at radius 1 is 1.00 bits per heavy atom. The van der Waals surface area contributed by atoms with Gasteiger partial charge >= 0.3 is 17.9 Å². The first kappa shape index (κ1) is 25.3. The van der Waals surface area contributed by atoms with Crippen LogP contribution >= 0.6 is 0 Å². The van der Waals surface area contributed by atoms with E-state index >= 15 is 0 Å². The largest absolute Gasteiger partial charge is 0.460 e. The molecule has 1 aliphatic heterocycles. The van der Waals surface area contributed by atoms with Crippen molar-refractivity contribution in [2.75, 3.05) is 26.4 Å². The van der Waals surface area contributed by atoms with Gasteiger partial charge in [0.1, 0.15) is 12.7 Å². The van der Waals surface area contributed by atoms with Crippen molar-refractivity contribution in [2.24, 2.45) is 11.8 Å². The normalized spacial score (nSPS) is 16.2. The van der Waals surface area contributed by atoms with Crippen LogP contribution in [0, 0.1) is 11.8 Å². The lowest BCUT2D eigenvalue weighted by Crippen LogP contribution is -2.21. The van der Waals surface area contributed by atoms with Gasteiger partial charge in [0.2, 0.25) is 0 Å². The van der Waals surface area contributed by atoms with E-state index in [1.165, 1.54) is 0 Å². The molecule has 0 spiro atoms. The van der Waals surface area contributed by atoms with Crippen LogP contribution in [0.4, 0.5) is 0 Å². The molecule has 1 fully saturated rings. The lowest BCUT2D eigenvalue weighted by Gasteiger charge is -2.15. The minimum atomic E-state index is -0.533. The smallest absolute Gasteiger partial charge is 0.344 e. The molecule has 0 amide bonds. The molecule has 0 aromatic carbocycles. The summed E-state index contributed by atoms with van der Waals surface area (Å²) < 4.78 is 24.5. The highest BCUT2D eigenvalue weighted by Gasteiger charge is 2.24. The van der Waals surface area contributed by atoms with Crippen molar-refractivity contribution in [3.63, 3.8) is 0 Å². The highest BCUT2D eigenvalue weighted by molar-refractivity contribution is 5.77. The molecule has 1 heterocycles. The monoisotopic (exact) mass is 390 g/mol. The van der Waals surface area contributed by atoms with E-state index in [2.05, 4.69) is 11.7 Å². The fraction of sp³-hybridized carbons (Fsp3) is 0.842. The summed E-state index contributed by atoms with van der Waals surface area (Å²) in [6.45, 7) is 12.1. The standard InChI is InChI=1S/C10H20O3.C9H14O5/c1-5-6-7-12-9(4)13-10(11)8(2)3;1-6(2)9(11)14-5-8(10)13-4-7-3-12-7/h8-9H,5-7H2,1-4H3;6-7H,3-5H2,1-2H3. The van der Waals surface area contributed by atoms with E-state index in [0.717, 1.165) is 12.8 Å². The summed E-state index contributed by atoms with van der Waals surface area (Å²) in [6, 6.07) is 0. The third-order valence-electron chi connectivity index (χ3n) is 3.24. The summed E-state index contributed by atoms with van der Waals surface area (Å²) in [7, 11) is 0. The molecule has 2 unspecified atom stereocenters. The summed E-state index contributed by atoms with van der Waals surface area (Å²) in [4.78, 5) is 33.0. The molecule has 0 aromatic heterocycles. The first-order chi connectivity index (χ1) is 12.7. The van der Waals surface area contributed by atoms with Crippen LogP contribution in [0.25, 0.3) is 0 Å². The van der Waals surface area contributed by atoms with Crippen molar-refractivity contribution in [3.8, 4) is 0 Å². The Hall–Kier alpha value is -1.67. The first-order valence-electron chi connectivity index (χ1n) is 9.43. The van der Waals surface area contributed by atoms with Gasteiger partial charge in [-0.3, -0.25) is 9.59 Å². The van der Waals surface area contributed by atoms with Crippen LogP contribution in [-0.4, -0.2) is 56.7 Å². The van der Waals surface area contributed by atoms with Gasteiger partial charge in [-0.2, -0.15) is 0 Å². The molecule has 1 rings (SSSR count). The fourth-order valence-electron chi connectivity index (χ4n) is 1.42. The summed E-state index contributed by atoms with van der Waals surface area (Å²) >= 11 is 0. The summed E-state index contributed by atoms with van der Waals surface area (Å²) in [5.41, 5.74) is 0. The van der Waals surface area contributed by atoms with Crippen LogP contribution in [0.1, 0.15) is 54.4 Å². The number of epoxide rings is 1. The van der Waals surface area contributed by atoms with Gasteiger partial charge < -0.3 is 23.7 Å². The van der Waals surface area contributed by atoms with Gasteiger partial charge in [-0.25, -0.2) is 4.79 Å². The Balaban J connectivity index is 0.000000503. The predicted octanol–water partition coefficient (Wildman–Crippen LogP) is 2.48. The zero-order valence-electron chi connectivity index (χ0n) is 17.3. The third kappa shape index (κ3) is 15.1. The lowest BCUT2D eigenvalue weighted by atomic mass is 10.2. The zero-order valence-corrected chi connectivity index (χ0v) is 17.3. The average Bonchev–Trinajstić information content (AvgIpc) is 3.42. The Kier molecular flexibility index (Phi) is 13.5. The molecule has 0 radical (unpaired) electrons. The minimum Gasteiger partial charge on any atom is -0.460 e. The second-order valence-electron chi connectivity index (χ2n) is 6.78. The van der Waals surface area contributed by atoms with Gasteiger partial charge in [0.25, 0.3) is 0 Å². The summed E-state index contributed by atoms with van der Waals surface area (Å²) in [6.07, 6.45) is 1.72. The molecule has 2 atom stereocenters. The molecule has 158 valence electrons. The zero-order chi connectivity index (χ0) is 20.8. The lowest BCUT2D eigenvalue weighted by molar-refractivity contribution is -0.178. The van der Waals surface area contributed by atoms with Crippen molar-refractivity contribution in [3.05, 3.63) is 0 Å². The Bertz CT molecular complexity index is 443. The molecule has 27 heavy (non-hydrogen) atoms. The number of rotatable bonds is 11. The molecule has 0 saturated carbocycles. The minimum absolute atomic E-state index is 0.0414. The topological polar surface area (TPSA) is 101 Å². The second kappa shape index (κ2) is 14.4. The van der Waals surface area contributed by atoms with Crippen molar-refractivity contribution in [2.45, 2.75) is 66.8 Å². The van der Waals surface area contributed by atoms with Crippen molar-refractivity contribution < 1.29 is 38.1 Å². The van der Waals surface area contributed by atoms with Gasteiger partial charge in [-0.15, -0.1) is 0 Å². The molecule has 1 aliphatic rings. The van der Waals surface area contributed by atoms with E-state index in [9.17, 15) is 14.4 Å². The van der Waals surface area contributed by atoms with Crippen LogP contribution < -0.4 is 0 Å². The summed E-state index contributed by atoms with van der Waals surface area (Å²) in [5, 5.41) is 0. The van der Waals surface area contributed by atoms with E-state index in [-0.39, 0.29) is 37.1 Å². The van der Waals surface area contributed by atoms with Gasteiger partial charge in [-0.05, 0) is 13.3 Å². The van der Waals surface area contributed by atoms with Crippen LogP contribution in [-0.2, 0) is 38.1 Å².